The molecular weight excluding hydrogens is 303 g/mol. The molecule has 0 unspecified atom stereocenters. The van der Waals surface area contributed by atoms with E-state index in [2.05, 4.69) is 10.4 Å². The summed E-state index contributed by atoms with van der Waals surface area (Å²) in [6, 6.07) is 0. The Labute approximate surface area is 134 Å². The van der Waals surface area contributed by atoms with Crippen molar-refractivity contribution in [1.29, 1.82) is 0 Å². The lowest BCUT2D eigenvalue weighted by Crippen LogP contribution is -2.36. The number of amides is 2. The van der Waals surface area contributed by atoms with Crippen molar-refractivity contribution in [3.63, 3.8) is 0 Å². The molecule has 0 aliphatic carbocycles. The molecule has 7 nitrogen and oxygen atoms in total. The molecule has 2 amide bonds. The molecule has 23 heavy (non-hydrogen) atoms. The number of aromatic nitrogens is 2. The Bertz CT molecular complexity index is 607. The number of rotatable bonds is 2. The van der Waals surface area contributed by atoms with Crippen LogP contribution in [0.2, 0.25) is 0 Å². The normalized spacial score (nSPS) is 14.9. The van der Waals surface area contributed by atoms with E-state index in [1.807, 2.05) is 0 Å². The molecule has 0 radical (unpaired) electrons. The summed E-state index contributed by atoms with van der Waals surface area (Å²) in [6.45, 7) is 8.42. The lowest BCUT2D eigenvalue weighted by molar-refractivity contribution is 0.0235. The van der Waals surface area contributed by atoms with Crippen LogP contribution in [0.25, 0.3) is 0 Å². The zero-order valence-corrected chi connectivity index (χ0v) is 14.0. The van der Waals surface area contributed by atoms with Gasteiger partial charge in [0.15, 0.2) is 11.5 Å². The molecule has 0 spiro atoms. The number of aryl methyl sites for hydroxylation is 1. The molecule has 2 heterocycles. The Balaban J connectivity index is 2.22. The predicted octanol–water partition coefficient (Wildman–Crippen LogP) is 1.91. The first-order valence-electron chi connectivity index (χ1n) is 7.74. The van der Waals surface area contributed by atoms with E-state index in [1.165, 1.54) is 9.58 Å². The summed E-state index contributed by atoms with van der Waals surface area (Å²) >= 11 is 0. The molecule has 0 aromatic carbocycles. The molecule has 0 fully saturated rings. The van der Waals surface area contributed by atoms with Gasteiger partial charge >= 0.3 is 6.09 Å². The van der Waals surface area contributed by atoms with Gasteiger partial charge in [-0.05, 0) is 34.1 Å². The van der Waals surface area contributed by atoms with Crippen LogP contribution in [0.3, 0.4) is 0 Å². The zero-order valence-electron chi connectivity index (χ0n) is 14.0. The van der Waals surface area contributed by atoms with E-state index in [1.54, 1.807) is 27.7 Å². The second kappa shape index (κ2) is 6.55. The first kappa shape index (κ1) is 17.2. The van der Waals surface area contributed by atoms with Crippen LogP contribution >= 0.6 is 0 Å². The van der Waals surface area contributed by atoms with E-state index in [-0.39, 0.29) is 17.9 Å². The zero-order chi connectivity index (χ0) is 17.2. The maximum absolute atomic E-state index is 14.5. The molecule has 1 aromatic rings. The average Bonchev–Trinajstić information content (AvgIpc) is 2.62. The van der Waals surface area contributed by atoms with Gasteiger partial charge in [-0.2, -0.15) is 5.10 Å². The van der Waals surface area contributed by atoms with Gasteiger partial charge in [-0.25, -0.2) is 9.18 Å². The Kier molecular flexibility index (Phi) is 4.91. The predicted molar refractivity (Wildman–Crippen MR) is 81.5 cm³/mol. The number of halogens is 1. The Morgan fingerprint density at radius 2 is 2.04 bits per heavy atom. The Morgan fingerprint density at radius 3 is 2.65 bits per heavy atom. The molecule has 2 rings (SSSR count). The molecule has 0 atom stereocenters. The number of nitrogens with one attached hydrogen (secondary N) is 1. The van der Waals surface area contributed by atoms with Gasteiger partial charge in [0.1, 0.15) is 5.60 Å². The number of nitrogens with zero attached hydrogens (tertiary/aromatic N) is 3. The molecule has 0 bridgehead atoms. The fourth-order valence-electron chi connectivity index (χ4n) is 2.35. The fourth-order valence-corrected chi connectivity index (χ4v) is 2.35. The summed E-state index contributed by atoms with van der Waals surface area (Å²) in [4.78, 5) is 25.5. The van der Waals surface area contributed by atoms with Crippen molar-refractivity contribution in [3.05, 3.63) is 17.2 Å². The van der Waals surface area contributed by atoms with Gasteiger partial charge in [0.05, 0.1) is 12.2 Å². The highest BCUT2D eigenvalue weighted by molar-refractivity contribution is 5.92. The number of hydrogen-bond donors (Lipinski definition) is 1. The van der Waals surface area contributed by atoms with Crippen LogP contribution in [-0.2, 0) is 17.8 Å². The SMILES string of the molecule is CCNC(=O)c1nn2c(c1F)CN(C(=O)OC(C)(C)C)CCC2. The first-order chi connectivity index (χ1) is 10.7. The lowest BCUT2D eigenvalue weighted by atomic mass is 10.2. The first-order valence-corrected chi connectivity index (χ1v) is 7.74. The average molecular weight is 326 g/mol. The van der Waals surface area contributed by atoms with Crippen LogP contribution in [0.4, 0.5) is 9.18 Å². The van der Waals surface area contributed by atoms with Gasteiger partial charge in [-0.3, -0.25) is 9.48 Å². The minimum Gasteiger partial charge on any atom is -0.444 e. The van der Waals surface area contributed by atoms with E-state index in [4.69, 9.17) is 4.74 Å². The van der Waals surface area contributed by atoms with Crippen LogP contribution in [-0.4, -0.2) is 45.4 Å². The molecule has 0 saturated heterocycles. The van der Waals surface area contributed by atoms with E-state index in [0.29, 0.717) is 26.1 Å². The summed E-state index contributed by atoms with van der Waals surface area (Å²) in [5, 5.41) is 6.58. The van der Waals surface area contributed by atoms with Crippen molar-refractivity contribution in [2.45, 2.75) is 52.8 Å². The number of ether oxygens (including phenoxy) is 1. The van der Waals surface area contributed by atoms with Crippen LogP contribution < -0.4 is 5.32 Å². The van der Waals surface area contributed by atoms with E-state index in [9.17, 15) is 14.0 Å². The third-order valence-corrected chi connectivity index (χ3v) is 3.34. The third kappa shape index (κ3) is 4.00. The standard InChI is InChI=1S/C15H23FN4O3/c1-5-17-13(21)12-11(16)10-9-19(7-6-8-20(10)18-12)14(22)23-15(2,3)4/h5-9H2,1-4H3,(H,17,21). The summed E-state index contributed by atoms with van der Waals surface area (Å²) < 4.78 is 21.3. The quantitative estimate of drug-likeness (QED) is 0.901. The number of fused-ring (bicyclic) bond motifs is 1. The summed E-state index contributed by atoms with van der Waals surface area (Å²) in [5.74, 6) is -1.22. The Hall–Kier alpha value is -2.12. The highest BCUT2D eigenvalue weighted by atomic mass is 19.1. The second-order valence-electron chi connectivity index (χ2n) is 6.45. The van der Waals surface area contributed by atoms with Gasteiger partial charge in [0.25, 0.3) is 5.91 Å². The lowest BCUT2D eigenvalue weighted by Gasteiger charge is -2.26. The molecule has 1 aliphatic heterocycles. The van der Waals surface area contributed by atoms with E-state index >= 15 is 0 Å². The largest absolute Gasteiger partial charge is 0.444 e. The number of carbonyl (C=O) groups is 2. The van der Waals surface area contributed by atoms with Crippen molar-refractivity contribution >= 4 is 12.0 Å². The van der Waals surface area contributed by atoms with Crippen molar-refractivity contribution < 1.29 is 18.7 Å². The highest BCUT2D eigenvalue weighted by Crippen LogP contribution is 2.20. The highest BCUT2D eigenvalue weighted by Gasteiger charge is 2.30. The van der Waals surface area contributed by atoms with Gasteiger partial charge in [0.2, 0.25) is 0 Å². The minimum atomic E-state index is -0.675. The molecule has 8 heteroatoms. The van der Waals surface area contributed by atoms with Crippen LogP contribution in [0.1, 0.15) is 50.3 Å². The second-order valence-corrected chi connectivity index (χ2v) is 6.45. The van der Waals surface area contributed by atoms with Crippen molar-refractivity contribution in [3.8, 4) is 0 Å². The fraction of sp³-hybridized carbons (Fsp3) is 0.667. The van der Waals surface area contributed by atoms with Crippen LogP contribution in [0, 0.1) is 5.82 Å². The Morgan fingerprint density at radius 1 is 1.35 bits per heavy atom. The molecule has 1 aromatic heterocycles. The summed E-state index contributed by atoms with van der Waals surface area (Å²) in [6.07, 6.45) is 0.119. The van der Waals surface area contributed by atoms with Crippen molar-refractivity contribution in [1.82, 2.24) is 20.0 Å². The smallest absolute Gasteiger partial charge is 0.410 e. The number of carbonyl (C=O) groups excluding carboxylic acids is 2. The molecule has 1 N–H and O–H groups in total. The topological polar surface area (TPSA) is 76.5 Å². The molecular formula is C15H23FN4O3. The van der Waals surface area contributed by atoms with Gasteiger partial charge in [-0.15, -0.1) is 0 Å². The maximum atomic E-state index is 14.5. The maximum Gasteiger partial charge on any atom is 0.410 e. The molecule has 128 valence electrons. The van der Waals surface area contributed by atoms with E-state index < -0.39 is 23.4 Å². The van der Waals surface area contributed by atoms with E-state index in [0.717, 1.165) is 0 Å². The van der Waals surface area contributed by atoms with Crippen molar-refractivity contribution in [2.75, 3.05) is 13.1 Å². The van der Waals surface area contributed by atoms with Crippen LogP contribution in [0.15, 0.2) is 0 Å². The van der Waals surface area contributed by atoms with Gasteiger partial charge in [0, 0.05) is 19.6 Å². The van der Waals surface area contributed by atoms with Gasteiger partial charge in [-0.1, -0.05) is 0 Å². The van der Waals surface area contributed by atoms with Gasteiger partial charge < -0.3 is 15.0 Å². The minimum absolute atomic E-state index is 0.0349. The molecule has 0 saturated carbocycles. The third-order valence-electron chi connectivity index (χ3n) is 3.34. The van der Waals surface area contributed by atoms with Crippen molar-refractivity contribution in [2.24, 2.45) is 0 Å². The number of hydrogen-bond acceptors (Lipinski definition) is 4. The molecule has 1 aliphatic rings. The summed E-state index contributed by atoms with van der Waals surface area (Å²) in [5.41, 5.74) is -0.614. The summed E-state index contributed by atoms with van der Waals surface area (Å²) in [7, 11) is 0. The van der Waals surface area contributed by atoms with Crippen LogP contribution in [0.5, 0.6) is 0 Å². The monoisotopic (exact) mass is 326 g/mol.